The molecule has 192 valence electrons. The van der Waals surface area contributed by atoms with Crippen LogP contribution in [0.25, 0.3) is 0 Å². The third-order valence-corrected chi connectivity index (χ3v) is 6.62. The molecular formula is C26H26F3NO5S. The van der Waals surface area contributed by atoms with Gasteiger partial charge in [0.1, 0.15) is 0 Å². The molecule has 0 spiro atoms. The summed E-state index contributed by atoms with van der Waals surface area (Å²) < 4.78 is 76.9. The van der Waals surface area contributed by atoms with E-state index in [-0.39, 0.29) is 18.7 Å². The van der Waals surface area contributed by atoms with Crippen molar-refractivity contribution in [3.05, 3.63) is 108 Å². The number of nitrogens with zero attached hydrogens (tertiary/aromatic N) is 1. The fraction of sp³-hybridized carbons (Fsp3) is 0.269. The molecule has 0 aliphatic carbocycles. The van der Waals surface area contributed by atoms with Gasteiger partial charge >= 0.3 is 27.5 Å². The Morgan fingerprint density at radius 1 is 0.806 bits per heavy atom. The Hall–Kier alpha value is -3.21. The maximum Gasteiger partial charge on any atom is 0.523 e. The van der Waals surface area contributed by atoms with E-state index < -0.39 is 33.4 Å². The van der Waals surface area contributed by atoms with Crippen LogP contribution >= 0.6 is 0 Å². The van der Waals surface area contributed by atoms with Gasteiger partial charge in [-0.2, -0.15) is 21.6 Å². The smallest absolute Gasteiger partial charge is 0.413 e. The maximum atomic E-state index is 13.7. The van der Waals surface area contributed by atoms with E-state index in [9.17, 15) is 26.4 Å². The highest BCUT2D eigenvalue weighted by atomic mass is 32.2. The molecule has 6 nitrogen and oxygen atoms in total. The molecular weight excluding hydrogens is 495 g/mol. The van der Waals surface area contributed by atoms with Crippen molar-refractivity contribution in [2.45, 2.75) is 31.2 Å². The van der Waals surface area contributed by atoms with Gasteiger partial charge in [0.2, 0.25) is 0 Å². The van der Waals surface area contributed by atoms with E-state index in [0.29, 0.717) is 11.1 Å². The van der Waals surface area contributed by atoms with Gasteiger partial charge in [-0.25, -0.2) is 13.9 Å². The Labute approximate surface area is 208 Å². The van der Waals surface area contributed by atoms with Crippen LogP contribution in [0, 0.1) is 0 Å². The van der Waals surface area contributed by atoms with Gasteiger partial charge in [0, 0.05) is 13.1 Å². The lowest BCUT2D eigenvalue weighted by atomic mass is 9.86. The molecule has 0 aliphatic rings. The number of hydrogen-bond donors (Lipinski definition) is 0. The first-order valence-electron chi connectivity index (χ1n) is 11.2. The lowest BCUT2D eigenvalue weighted by molar-refractivity contribution is -0.252. The molecule has 3 aromatic rings. The zero-order valence-electron chi connectivity index (χ0n) is 19.7. The summed E-state index contributed by atoms with van der Waals surface area (Å²) in [6.45, 7) is 3.21. The first-order valence-corrected chi connectivity index (χ1v) is 12.6. The van der Waals surface area contributed by atoms with Crippen LogP contribution in [0.2, 0.25) is 0 Å². The second-order valence-corrected chi connectivity index (χ2v) is 9.33. The van der Waals surface area contributed by atoms with Crippen LogP contribution in [-0.4, -0.2) is 43.8 Å². The summed E-state index contributed by atoms with van der Waals surface area (Å²) in [7, 11) is -6.23. The molecule has 0 radical (unpaired) electrons. The average Bonchev–Trinajstić information content (AvgIpc) is 2.86. The van der Waals surface area contributed by atoms with Gasteiger partial charge < -0.3 is 4.74 Å². The molecule has 0 bridgehead atoms. The van der Waals surface area contributed by atoms with Crippen molar-refractivity contribution < 1.29 is 35.3 Å². The summed E-state index contributed by atoms with van der Waals surface area (Å²) >= 11 is 0. The van der Waals surface area contributed by atoms with Gasteiger partial charge in [0.25, 0.3) is 0 Å². The fourth-order valence-electron chi connectivity index (χ4n) is 3.96. The van der Waals surface area contributed by atoms with Crippen LogP contribution < -0.4 is 0 Å². The van der Waals surface area contributed by atoms with E-state index in [2.05, 4.69) is 0 Å². The molecule has 0 fully saturated rings. The highest BCUT2D eigenvalue weighted by Gasteiger charge is 2.59. The molecule has 0 aliphatic heterocycles. The minimum Gasteiger partial charge on any atom is -0.413 e. The summed E-state index contributed by atoms with van der Waals surface area (Å²) in [5, 5.41) is 0. The lowest BCUT2D eigenvalue weighted by Crippen LogP contribution is -2.60. The van der Waals surface area contributed by atoms with Gasteiger partial charge in [-0.3, -0.25) is 0 Å². The van der Waals surface area contributed by atoms with Gasteiger partial charge in [-0.1, -0.05) is 92.7 Å². The summed E-state index contributed by atoms with van der Waals surface area (Å²) in [6.07, 6.45) is 0. The van der Waals surface area contributed by atoms with Crippen molar-refractivity contribution in [3.63, 3.8) is 0 Å². The molecule has 1 unspecified atom stereocenters. The van der Waals surface area contributed by atoms with Crippen molar-refractivity contribution in [2.75, 3.05) is 13.1 Å². The predicted molar refractivity (Wildman–Crippen MR) is 128 cm³/mol. The number of carbonyl (C=O) groups is 1. The first kappa shape index (κ1) is 27.4. The molecule has 3 aromatic carbocycles. The minimum absolute atomic E-state index is 0.00210. The Bertz CT molecular complexity index is 1200. The van der Waals surface area contributed by atoms with Crippen LogP contribution in [0.15, 0.2) is 91.0 Å². The fourth-order valence-corrected chi connectivity index (χ4v) is 4.61. The number of carbonyl (C=O) groups excluding carboxylic acids is 1. The van der Waals surface area contributed by atoms with Crippen molar-refractivity contribution >= 4 is 16.1 Å². The number of esters is 1. The summed E-state index contributed by atoms with van der Waals surface area (Å²) in [5.74, 6) is -5.03. The van der Waals surface area contributed by atoms with Crippen LogP contribution in [0.1, 0.15) is 41.3 Å². The molecule has 36 heavy (non-hydrogen) atoms. The first-order chi connectivity index (χ1) is 17.1. The number of rotatable bonds is 10. The van der Waals surface area contributed by atoms with Crippen molar-refractivity contribution in [2.24, 2.45) is 0 Å². The van der Waals surface area contributed by atoms with E-state index >= 15 is 0 Å². The molecule has 0 amide bonds. The lowest BCUT2D eigenvalue weighted by Gasteiger charge is -2.45. The molecule has 0 N–H and O–H groups in total. The van der Waals surface area contributed by atoms with Crippen LogP contribution in [-0.2, 0) is 19.0 Å². The van der Waals surface area contributed by atoms with Crippen LogP contribution in [0.4, 0.5) is 13.2 Å². The summed E-state index contributed by atoms with van der Waals surface area (Å²) in [5.41, 5.74) is -4.98. The molecule has 0 heterocycles. The highest BCUT2D eigenvalue weighted by Crippen LogP contribution is 2.44. The van der Waals surface area contributed by atoms with E-state index in [4.69, 9.17) is 8.92 Å². The standard InChI is InChI=1S/C26H26F3NO5S/c1-3-30(4-2)25(35-36(32,33)26(27,28)29,34-24(31)22-18-12-7-13-19-22)23(20-14-8-5-9-15-20)21-16-10-6-11-17-21/h5-19,23H,3-4H2,1-2H3. The van der Waals surface area contributed by atoms with Gasteiger partial charge in [-0.05, 0) is 23.3 Å². The molecule has 3 rings (SSSR count). The van der Waals surface area contributed by atoms with E-state index in [1.807, 2.05) is 0 Å². The zero-order valence-corrected chi connectivity index (χ0v) is 20.5. The van der Waals surface area contributed by atoms with E-state index in [0.717, 1.165) is 0 Å². The van der Waals surface area contributed by atoms with Gasteiger partial charge in [0.05, 0.1) is 11.5 Å². The maximum absolute atomic E-state index is 13.7. The quantitative estimate of drug-likeness (QED) is 0.151. The molecule has 1 atom stereocenters. The molecule has 0 saturated carbocycles. The Morgan fingerprint density at radius 3 is 1.61 bits per heavy atom. The van der Waals surface area contributed by atoms with E-state index in [1.165, 1.54) is 17.0 Å². The monoisotopic (exact) mass is 521 g/mol. The SMILES string of the molecule is CCN(CC)C(OC(=O)c1ccccc1)(OS(=O)(=O)C(F)(F)F)C(c1ccccc1)c1ccccc1. The normalized spacial score (nSPS) is 14.0. The summed E-state index contributed by atoms with van der Waals surface area (Å²) in [4.78, 5) is 14.5. The second kappa shape index (κ2) is 11.2. The third kappa shape index (κ3) is 5.77. The largest absolute Gasteiger partial charge is 0.523 e. The van der Waals surface area contributed by atoms with Gasteiger partial charge in [-0.15, -0.1) is 0 Å². The van der Waals surface area contributed by atoms with Gasteiger partial charge in [0.15, 0.2) is 0 Å². The number of ether oxygens (including phenoxy) is 1. The highest BCUT2D eigenvalue weighted by molar-refractivity contribution is 7.87. The Balaban J connectivity index is 2.36. The van der Waals surface area contributed by atoms with Crippen LogP contribution in [0.5, 0.6) is 0 Å². The number of benzene rings is 3. The number of likely N-dealkylation sites (N-methyl/N-ethyl adjacent to an activating group) is 1. The third-order valence-electron chi connectivity index (χ3n) is 5.60. The Morgan fingerprint density at radius 2 is 1.22 bits per heavy atom. The predicted octanol–water partition coefficient (Wildman–Crippen LogP) is 5.54. The average molecular weight is 522 g/mol. The second-order valence-electron chi connectivity index (χ2n) is 7.80. The minimum atomic E-state index is -6.23. The Kier molecular flexibility index (Phi) is 8.55. The topological polar surface area (TPSA) is 72.9 Å². The van der Waals surface area contributed by atoms with Crippen LogP contribution in [0.3, 0.4) is 0 Å². The number of alkyl halides is 3. The van der Waals surface area contributed by atoms with Crippen molar-refractivity contribution in [3.8, 4) is 0 Å². The molecule has 0 saturated heterocycles. The summed E-state index contributed by atoms with van der Waals surface area (Å²) in [6, 6.07) is 24.0. The molecule has 0 aromatic heterocycles. The van der Waals surface area contributed by atoms with E-state index in [1.54, 1.807) is 92.7 Å². The number of halogens is 3. The van der Waals surface area contributed by atoms with Crippen molar-refractivity contribution in [1.82, 2.24) is 4.90 Å². The van der Waals surface area contributed by atoms with Crippen molar-refractivity contribution in [1.29, 1.82) is 0 Å². The number of hydrogen-bond acceptors (Lipinski definition) is 6. The zero-order chi connectivity index (χ0) is 26.4. The molecule has 10 heteroatoms.